The first-order valence-electron chi connectivity index (χ1n) is 5.93. The zero-order chi connectivity index (χ0) is 11.8. The fraction of sp³-hybridized carbons (Fsp3) is 1.00. The first kappa shape index (κ1) is 12.3. The van der Waals surface area contributed by atoms with Gasteiger partial charge in [0.15, 0.2) is 0 Å². The van der Waals surface area contributed by atoms with Crippen LogP contribution in [0.3, 0.4) is 0 Å². The molecular weight excluding hydrogens is 228 g/mol. The van der Waals surface area contributed by atoms with Crippen molar-refractivity contribution in [1.29, 1.82) is 0 Å². The van der Waals surface area contributed by atoms with Crippen molar-refractivity contribution in [2.45, 2.75) is 32.3 Å². The molecule has 1 unspecified atom stereocenters. The van der Waals surface area contributed by atoms with Crippen LogP contribution in [0.15, 0.2) is 0 Å². The summed E-state index contributed by atoms with van der Waals surface area (Å²) in [7, 11) is -3.32. The maximum atomic E-state index is 12.2. The Labute approximate surface area is 97.2 Å². The summed E-state index contributed by atoms with van der Waals surface area (Å²) >= 11 is 0. The Balaban J connectivity index is 2.06. The van der Waals surface area contributed by atoms with Crippen molar-refractivity contribution in [1.82, 2.24) is 8.61 Å². The Morgan fingerprint density at radius 1 is 1.12 bits per heavy atom. The summed E-state index contributed by atoms with van der Waals surface area (Å²) in [5, 5.41) is 9.39. The third-order valence-corrected chi connectivity index (χ3v) is 5.37. The van der Waals surface area contributed by atoms with Gasteiger partial charge in [0.1, 0.15) is 0 Å². The summed E-state index contributed by atoms with van der Waals surface area (Å²) in [5.41, 5.74) is 0. The highest BCUT2D eigenvalue weighted by Gasteiger charge is 2.36. The number of piperidine rings is 1. The van der Waals surface area contributed by atoms with Gasteiger partial charge in [0.25, 0.3) is 10.2 Å². The second-order valence-electron chi connectivity index (χ2n) is 4.91. The molecule has 94 valence electrons. The largest absolute Gasteiger partial charge is 0.392 e. The zero-order valence-corrected chi connectivity index (χ0v) is 10.5. The molecule has 0 saturated carbocycles. The minimum Gasteiger partial charge on any atom is -0.392 e. The van der Waals surface area contributed by atoms with E-state index in [4.69, 9.17) is 0 Å². The number of aliphatic hydroxyl groups is 1. The van der Waals surface area contributed by atoms with E-state index in [1.54, 1.807) is 4.31 Å². The lowest BCUT2D eigenvalue weighted by molar-refractivity contribution is 0.186. The van der Waals surface area contributed by atoms with E-state index in [2.05, 4.69) is 6.92 Å². The van der Waals surface area contributed by atoms with E-state index in [1.165, 1.54) is 4.31 Å². The van der Waals surface area contributed by atoms with Gasteiger partial charge in [-0.25, -0.2) is 0 Å². The highest BCUT2D eigenvalue weighted by molar-refractivity contribution is 7.86. The molecule has 1 N–H and O–H groups in total. The van der Waals surface area contributed by atoms with E-state index in [0.29, 0.717) is 32.0 Å². The van der Waals surface area contributed by atoms with Gasteiger partial charge in [-0.15, -0.1) is 0 Å². The van der Waals surface area contributed by atoms with Gasteiger partial charge in [0, 0.05) is 26.2 Å². The summed E-state index contributed by atoms with van der Waals surface area (Å²) < 4.78 is 27.4. The molecule has 2 heterocycles. The van der Waals surface area contributed by atoms with Gasteiger partial charge in [-0.2, -0.15) is 17.0 Å². The van der Waals surface area contributed by atoms with Gasteiger partial charge in [0.05, 0.1) is 6.10 Å². The minimum atomic E-state index is -3.32. The summed E-state index contributed by atoms with van der Waals surface area (Å²) in [4.78, 5) is 0. The van der Waals surface area contributed by atoms with Crippen molar-refractivity contribution in [3.05, 3.63) is 0 Å². The van der Waals surface area contributed by atoms with Crippen molar-refractivity contribution in [3.8, 4) is 0 Å². The first-order chi connectivity index (χ1) is 7.50. The van der Waals surface area contributed by atoms with E-state index in [0.717, 1.165) is 12.8 Å². The van der Waals surface area contributed by atoms with Crippen LogP contribution in [0, 0.1) is 5.92 Å². The lowest BCUT2D eigenvalue weighted by Crippen LogP contribution is -2.47. The fourth-order valence-corrected chi connectivity index (χ4v) is 4.27. The van der Waals surface area contributed by atoms with E-state index in [9.17, 15) is 13.5 Å². The van der Waals surface area contributed by atoms with E-state index in [1.807, 2.05) is 0 Å². The van der Waals surface area contributed by atoms with Crippen LogP contribution in [0.5, 0.6) is 0 Å². The van der Waals surface area contributed by atoms with Crippen LogP contribution in [0.25, 0.3) is 0 Å². The van der Waals surface area contributed by atoms with Gasteiger partial charge in [-0.1, -0.05) is 6.92 Å². The van der Waals surface area contributed by atoms with Crippen LogP contribution in [-0.2, 0) is 10.2 Å². The Morgan fingerprint density at radius 2 is 1.81 bits per heavy atom. The second-order valence-corrected chi connectivity index (χ2v) is 6.84. The standard InChI is InChI=1S/C10H20N2O3S/c1-9-3-2-5-11(7-9)16(14,15)12-6-4-10(13)8-12/h9-10,13H,2-8H2,1H3/t9?,10-/m1/s1. The van der Waals surface area contributed by atoms with Crippen LogP contribution in [0.1, 0.15) is 26.2 Å². The lowest BCUT2D eigenvalue weighted by Gasteiger charge is -2.32. The SMILES string of the molecule is CC1CCCN(S(=O)(=O)N2CC[C@@H](O)C2)C1. The lowest BCUT2D eigenvalue weighted by atomic mass is 10.0. The molecule has 2 aliphatic rings. The van der Waals surface area contributed by atoms with Crippen molar-refractivity contribution >= 4 is 10.2 Å². The van der Waals surface area contributed by atoms with Gasteiger partial charge < -0.3 is 5.11 Å². The summed E-state index contributed by atoms with van der Waals surface area (Å²) in [6, 6.07) is 0. The topological polar surface area (TPSA) is 60.9 Å². The molecule has 2 rings (SSSR count). The van der Waals surface area contributed by atoms with Crippen LogP contribution in [0.2, 0.25) is 0 Å². The van der Waals surface area contributed by atoms with Gasteiger partial charge in [0.2, 0.25) is 0 Å². The Hall–Kier alpha value is -0.170. The van der Waals surface area contributed by atoms with Crippen molar-refractivity contribution < 1.29 is 13.5 Å². The van der Waals surface area contributed by atoms with Crippen molar-refractivity contribution in [3.63, 3.8) is 0 Å². The molecule has 0 aliphatic carbocycles. The molecule has 0 aromatic heterocycles. The normalized spacial score (nSPS) is 34.4. The smallest absolute Gasteiger partial charge is 0.282 e. The maximum Gasteiger partial charge on any atom is 0.282 e. The molecule has 0 aromatic carbocycles. The molecule has 0 spiro atoms. The molecule has 2 fully saturated rings. The van der Waals surface area contributed by atoms with Gasteiger partial charge >= 0.3 is 0 Å². The quantitative estimate of drug-likeness (QED) is 0.750. The number of β-amino-alcohol motifs (C(OH)–C–C–N with tert-alkyl or cyclic N) is 1. The van der Waals surface area contributed by atoms with Gasteiger partial charge in [-0.3, -0.25) is 0 Å². The molecule has 0 bridgehead atoms. The number of aliphatic hydroxyl groups excluding tert-OH is 1. The minimum absolute atomic E-state index is 0.257. The van der Waals surface area contributed by atoms with E-state index >= 15 is 0 Å². The predicted octanol–water partition coefficient (Wildman–Crippen LogP) is 0.0297. The zero-order valence-electron chi connectivity index (χ0n) is 9.67. The molecule has 0 radical (unpaired) electrons. The first-order valence-corrected chi connectivity index (χ1v) is 7.33. The molecule has 0 aromatic rings. The summed E-state index contributed by atoms with van der Waals surface area (Å²) in [6.07, 6.45) is 2.12. The van der Waals surface area contributed by atoms with Crippen molar-refractivity contribution in [2.24, 2.45) is 5.92 Å². The molecule has 2 atom stereocenters. The number of hydrogen-bond donors (Lipinski definition) is 1. The average Bonchev–Trinajstić information content (AvgIpc) is 2.65. The molecule has 0 amide bonds. The highest BCUT2D eigenvalue weighted by Crippen LogP contribution is 2.23. The number of rotatable bonds is 2. The molecule has 5 nitrogen and oxygen atoms in total. The predicted molar refractivity (Wildman–Crippen MR) is 61.1 cm³/mol. The molecule has 16 heavy (non-hydrogen) atoms. The van der Waals surface area contributed by atoms with Gasteiger partial charge in [-0.05, 0) is 25.2 Å². The average molecular weight is 248 g/mol. The van der Waals surface area contributed by atoms with Crippen LogP contribution < -0.4 is 0 Å². The van der Waals surface area contributed by atoms with Crippen LogP contribution >= 0.6 is 0 Å². The fourth-order valence-electron chi connectivity index (χ4n) is 2.44. The second kappa shape index (κ2) is 4.60. The Bertz CT molecular complexity index is 344. The summed E-state index contributed by atoms with van der Waals surface area (Å²) in [5.74, 6) is 0.441. The Morgan fingerprint density at radius 3 is 2.38 bits per heavy atom. The van der Waals surface area contributed by atoms with Crippen LogP contribution in [0.4, 0.5) is 0 Å². The van der Waals surface area contributed by atoms with E-state index in [-0.39, 0.29) is 6.54 Å². The third kappa shape index (κ3) is 2.40. The van der Waals surface area contributed by atoms with Crippen LogP contribution in [-0.4, -0.2) is 54.4 Å². The number of nitrogens with zero attached hydrogens (tertiary/aromatic N) is 2. The highest BCUT2D eigenvalue weighted by atomic mass is 32.2. The third-order valence-electron chi connectivity index (χ3n) is 3.40. The molecule has 6 heteroatoms. The molecule has 2 aliphatic heterocycles. The van der Waals surface area contributed by atoms with E-state index < -0.39 is 16.3 Å². The summed E-state index contributed by atoms with van der Waals surface area (Å²) in [6.45, 7) is 4.04. The number of hydrogen-bond acceptors (Lipinski definition) is 3. The molecule has 2 saturated heterocycles. The Kier molecular flexibility index (Phi) is 3.53. The monoisotopic (exact) mass is 248 g/mol. The maximum absolute atomic E-state index is 12.2. The van der Waals surface area contributed by atoms with Crippen molar-refractivity contribution in [2.75, 3.05) is 26.2 Å². The molecular formula is C10H20N2O3S.